The van der Waals surface area contributed by atoms with Crippen LogP contribution in [0.4, 0.5) is 0 Å². The van der Waals surface area contributed by atoms with Crippen LogP contribution in [0.1, 0.15) is 46.5 Å². The maximum atomic E-state index is 12.4. The van der Waals surface area contributed by atoms with E-state index >= 15 is 0 Å². The van der Waals surface area contributed by atoms with Gasteiger partial charge in [0.2, 0.25) is 5.91 Å². The van der Waals surface area contributed by atoms with Gasteiger partial charge in [-0.1, -0.05) is 13.3 Å². The zero-order valence-corrected chi connectivity index (χ0v) is 13.7. The third-order valence-electron chi connectivity index (χ3n) is 3.99. The molecule has 1 aliphatic heterocycles. The Morgan fingerprint density at radius 1 is 1.35 bits per heavy atom. The maximum absolute atomic E-state index is 12.4. The van der Waals surface area contributed by atoms with Crippen LogP contribution in [-0.2, 0) is 14.6 Å². The molecule has 6 heteroatoms. The van der Waals surface area contributed by atoms with Crippen molar-refractivity contribution in [2.75, 3.05) is 18.1 Å². The van der Waals surface area contributed by atoms with Crippen LogP contribution in [-0.4, -0.2) is 49.4 Å². The van der Waals surface area contributed by atoms with E-state index in [2.05, 4.69) is 0 Å². The van der Waals surface area contributed by atoms with E-state index in [0.29, 0.717) is 13.0 Å². The summed E-state index contributed by atoms with van der Waals surface area (Å²) in [4.78, 5) is 14.2. The summed E-state index contributed by atoms with van der Waals surface area (Å²) in [5.41, 5.74) is 5.71. The summed E-state index contributed by atoms with van der Waals surface area (Å²) >= 11 is 0. The van der Waals surface area contributed by atoms with Crippen LogP contribution in [0.3, 0.4) is 0 Å². The fourth-order valence-corrected chi connectivity index (χ4v) is 4.50. The Kier molecular flexibility index (Phi) is 6.45. The van der Waals surface area contributed by atoms with Gasteiger partial charge >= 0.3 is 0 Å². The Balaban J connectivity index is 2.54. The van der Waals surface area contributed by atoms with Crippen molar-refractivity contribution in [3.8, 4) is 0 Å². The molecule has 2 N–H and O–H groups in total. The summed E-state index contributed by atoms with van der Waals surface area (Å²) < 4.78 is 23.1. The van der Waals surface area contributed by atoms with Crippen molar-refractivity contribution in [3.63, 3.8) is 0 Å². The second kappa shape index (κ2) is 7.41. The molecule has 1 saturated heterocycles. The van der Waals surface area contributed by atoms with Crippen LogP contribution < -0.4 is 5.73 Å². The van der Waals surface area contributed by atoms with E-state index in [0.717, 1.165) is 19.3 Å². The van der Waals surface area contributed by atoms with Crippen molar-refractivity contribution in [2.24, 2.45) is 11.7 Å². The molecule has 1 heterocycles. The molecule has 20 heavy (non-hydrogen) atoms. The molecule has 118 valence electrons. The number of carbonyl (C=O) groups excluding carboxylic acids is 1. The first kappa shape index (κ1) is 17.4. The number of nitrogens with zero attached hydrogens (tertiary/aromatic N) is 1. The highest BCUT2D eigenvalue weighted by atomic mass is 32.2. The van der Waals surface area contributed by atoms with Crippen molar-refractivity contribution < 1.29 is 13.2 Å². The van der Waals surface area contributed by atoms with Gasteiger partial charge in [-0.3, -0.25) is 4.79 Å². The van der Waals surface area contributed by atoms with Crippen LogP contribution in [0, 0.1) is 5.92 Å². The minimum Gasteiger partial charge on any atom is -0.339 e. The number of hydrogen-bond acceptors (Lipinski definition) is 4. The van der Waals surface area contributed by atoms with Crippen LogP contribution >= 0.6 is 0 Å². The Bertz CT molecular complexity index is 420. The lowest BCUT2D eigenvalue weighted by atomic mass is 10.00. The van der Waals surface area contributed by atoms with Crippen LogP contribution in [0.2, 0.25) is 0 Å². The molecule has 5 nitrogen and oxygen atoms in total. The largest absolute Gasteiger partial charge is 0.339 e. The lowest BCUT2D eigenvalue weighted by Gasteiger charge is -2.29. The molecular formula is C14H28N2O3S. The third kappa shape index (κ3) is 5.05. The molecule has 0 aliphatic carbocycles. The highest BCUT2D eigenvalue weighted by Gasteiger charge is 2.35. The Morgan fingerprint density at radius 2 is 2.00 bits per heavy atom. The van der Waals surface area contributed by atoms with Crippen LogP contribution in [0.25, 0.3) is 0 Å². The molecule has 0 spiro atoms. The predicted molar refractivity (Wildman–Crippen MR) is 81.1 cm³/mol. The first-order valence-corrected chi connectivity index (χ1v) is 9.35. The van der Waals surface area contributed by atoms with Gasteiger partial charge in [-0.25, -0.2) is 8.42 Å². The van der Waals surface area contributed by atoms with Gasteiger partial charge in [0.25, 0.3) is 0 Å². The van der Waals surface area contributed by atoms with Gasteiger partial charge in [0.15, 0.2) is 9.84 Å². The number of nitrogens with two attached hydrogens (primary N) is 1. The molecular weight excluding hydrogens is 276 g/mol. The number of amides is 1. The third-order valence-corrected chi connectivity index (χ3v) is 5.74. The minimum atomic E-state index is -2.95. The summed E-state index contributed by atoms with van der Waals surface area (Å²) in [6.07, 6.45) is 3.25. The van der Waals surface area contributed by atoms with E-state index in [-0.39, 0.29) is 35.4 Å². The van der Waals surface area contributed by atoms with Gasteiger partial charge in [-0.2, -0.15) is 0 Å². The van der Waals surface area contributed by atoms with Crippen molar-refractivity contribution in [1.29, 1.82) is 0 Å². The van der Waals surface area contributed by atoms with Gasteiger partial charge in [0.05, 0.1) is 11.5 Å². The van der Waals surface area contributed by atoms with E-state index < -0.39 is 9.84 Å². The predicted octanol–water partition coefficient (Wildman–Crippen LogP) is 1.18. The first-order valence-electron chi connectivity index (χ1n) is 7.53. The van der Waals surface area contributed by atoms with Crippen LogP contribution in [0.15, 0.2) is 0 Å². The average molecular weight is 304 g/mol. The first-order chi connectivity index (χ1) is 9.26. The summed E-state index contributed by atoms with van der Waals surface area (Å²) in [7, 11) is -2.95. The monoisotopic (exact) mass is 304 g/mol. The Labute approximate surface area is 122 Å². The smallest absolute Gasteiger partial charge is 0.225 e. The van der Waals surface area contributed by atoms with Gasteiger partial charge in [-0.05, 0) is 33.1 Å². The zero-order chi connectivity index (χ0) is 15.3. The summed E-state index contributed by atoms with van der Waals surface area (Å²) in [5.74, 6) is 0.357. The van der Waals surface area contributed by atoms with Crippen molar-refractivity contribution in [2.45, 2.75) is 58.5 Å². The summed E-state index contributed by atoms with van der Waals surface area (Å²) in [5, 5.41) is 0. The van der Waals surface area contributed by atoms with E-state index in [4.69, 9.17) is 5.73 Å². The molecule has 1 rings (SSSR count). The standard InChI is InChI=1S/C14H28N2O3S/c1-4-16(13-8-9-20(18,19)10-13)14(17)11(2)6-5-7-12(3)15/h11-13H,4-10,15H2,1-3H3. The van der Waals surface area contributed by atoms with Gasteiger partial charge in [-0.15, -0.1) is 0 Å². The topological polar surface area (TPSA) is 80.5 Å². The highest BCUT2D eigenvalue weighted by molar-refractivity contribution is 7.91. The summed E-state index contributed by atoms with van der Waals surface area (Å²) in [6.45, 7) is 6.39. The highest BCUT2D eigenvalue weighted by Crippen LogP contribution is 2.21. The average Bonchev–Trinajstić information content (AvgIpc) is 2.69. The molecule has 1 amide bonds. The Morgan fingerprint density at radius 3 is 2.45 bits per heavy atom. The summed E-state index contributed by atoms with van der Waals surface area (Å²) in [6, 6.07) is 0.0351. The van der Waals surface area contributed by atoms with Gasteiger partial charge in [0, 0.05) is 24.5 Å². The maximum Gasteiger partial charge on any atom is 0.225 e. The quantitative estimate of drug-likeness (QED) is 0.766. The number of sulfone groups is 1. The fraction of sp³-hybridized carbons (Fsp3) is 0.929. The fourth-order valence-electron chi connectivity index (χ4n) is 2.77. The molecule has 1 aliphatic rings. The second-order valence-electron chi connectivity index (χ2n) is 5.99. The number of rotatable bonds is 7. The second-order valence-corrected chi connectivity index (χ2v) is 8.22. The molecule has 1 fully saturated rings. The van der Waals surface area contributed by atoms with Crippen LogP contribution in [0.5, 0.6) is 0 Å². The molecule has 0 aromatic carbocycles. The zero-order valence-electron chi connectivity index (χ0n) is 12.8. The molecule has 0 aromatic rings. The van der Waals surface area contributed by atoms with E-state index in [1.54, 1.807) is 4.90 Å². The van der Waals surface area contributed by atoms with Gasteiger partial charge in [0.1, 0.15) is 0 Å². The molecule has 0 radical (unpaired) electrons. The van der Waals surface area contributed by atoms with E-state index in [1.807, 2.05) is 20.8 Å². The van der Waals surface area contributed by atoms with Gasteiger partial charge < -0.3 is 10.6 Å². The SMILES string of the molecule is CCN(C(=O)C(C)CCCC(C)N)C1CCS(=O)(=O)C1. The normalized spacial score (nSPS) is 24.3. The Hall–Kier alpha value is -0.620. The minimum absolute atomic E-state index is 0.0583. The van der Waals surface area contributed by atoms with Crippen molar-refractivity contribution in [3.05, 3.63) is 0 Å². The lowest BCUT2D eigenvalue weighted by Crippen LogP contribution is -2.43. The lowest BCUT2D eigenvalue weighted by molar-refractivity contribution is -0.136. The van der Waals surface area contributed by atoms with Crippen molar-refractivity contribution in [1.82, 2.24) is 4.90 Å². The molecule has 3 atom stereocenters. The van der Waals surface area contributed by atoms with E-state index in [9.17, 15) is 13.2 Å². The van der Waals surface area contributed by atoms with Crippen molar-refractivity contribution >= 4 is 15.7 Å². The van der Waals surface area contributed by atoms with E-state index in [1.165, 1.54) is 0 Å². The molecule has 0 saturated carbocycles. The molecule has 0 bridgehead atoms. The molecule has 3 unspecified atom stereocenters. The number of carbonyl (C=O) groups is 1. The molecule has 0 aromatic heterocycles. The number of hydrogen-bond donors (Lipinski definition) is 1.